The molecule has 3 rings (SSSR count). The standard InChI is InChI=1S/C20H21BF4N2O3/c1-18(2)19(3,4)30-21(29-18)13-9-12(20(23,24)25)10-14(11-13)26-17(28)27-16-8-6-5-7-15(16)22/h5-11H,1-4H3,(H2,26,27,28). The van der Waals surface area contributed by atoms with Gasteiger partial charge in [0.1, 0.15) is 5.82 Å². The van der Waals surface area contributed by atoms with Gasteiger partial charge in [-0.15, -0.1) is 0 Å². The normalized spacial score (nSPS) is 17.7. The van der Waals surface area contributed by atoms with Gasteiger partial charge >= 0.3 is 19.3 Å². The molecule has 2 N–H and O–H groups in total. The summed E-state index contributed by atoms with van der Waals surface area (Å²) in [5.41, 5.74) is -2.61. The molecule has 1 fully saturated rings. The molecule has 160 valence electrons. The second-order valence-corrected chi connectivity index (χ2v) is 7.99. The third kappa shape index (κ3) is 4.60. The first-order chi connectivity index (χ1) is 13.8. The fraction of sp³-hybridized carbons (Fsp3) is 0.350. The first-order valence-corrected chi connectivity index (χ1v) is 9.19. The minimum Gasteiger partial charge on any atom is -0.399 e. The van der Waals surface area contributed by atoms with Crippen LogP contribution in [-0.4, -0.2) is 24.4 Å². The van der Waals surface area contributed by atoms with Gasteiger partial charge in [0.2, 0.25) is 0 Å². The minimum atomic E-state index is -4.65. The molecule has 30 heavy (non-hydrogen) atoms. The lowest BCUT2D eigenvalue weighted by molar-refractivity contribution is -0.137. The van der Waals surface area contributed by atoms with Crippen molar-refractivity contribution in [1.82, 2.24) is 0 Å². The van der Waals surface area contributed by atoms with Crippen molar-refractivity contribution in [2.75, 3.05) is 10.6 Å². The molecular formula is C20H21BF4N2O3. The molecule has 1 saturated heterocycles. The quantitative estimate of drug-likeness (QED) is 0.551. The van der Waals surface area contributed by atoms with Gasteiger partial charge in [-0.3, -0.25) is 0 Å². The number of hydrogen-bond donors (Lipinski definition) is 2. The van der Waals surface area contributed by atoms with E-state index in [0.29, 0.717) is 0 Å². The molecule has 0 saturated carbocycles. The Balaban J connectivity index is 1.89. The predicted molar refractivity (Wildman–Crippen MR) is 106 cm³/mol. The largest absolute Gasteiger partial charge is 0.494 e. The molecule has 1 aliphatic rings. The van der Waals surface area contributed by atoms with E-state index in [-0.39, 0.29) is 16.8 Å². The summed E-state index contributed by atoms with van der Waals surface area (Å²) >= 11 is 0. The third-order valence-electron chi connectivity index (χ3n) is 5.19. The van der Waals surface area contributed by atoms with Crippen molar-refractivity contribution in [3.63, 3.8) is 0 Å². The first kappa shape index (κ1) is 22.1. The number of hydrogen-bond acceptors (Lipinski definition) is 3. The molecule has 2 aromatic rings. The van der Waals surface area contributed by atoms with Crippen LogP contribution >= 0.6 is 0 Å². The Morgan fingerprint density at radius 1 is 0.967 bits per heavy atom. The number of alkyl halides is 3. The van der Waals surface area contributed by atoms with Gasteiger partial charge in [0.15, 0.2) is 0 Å². The van der Waals surface area contributed by atoms with E-state index in [2.05, 4.69) is 10.6 Å². The second kappa shape index (κ2) is 7.59. The highest BCUT2D eigenvalue weighted by molar-refractivity contribution is 6.62. The average Bonchev–Trinajstić information content (AvgIpc) is 2.83. The number of urea groups is 1. The summed E-state index contributed by atoms with van der Waals surface area (Å²) in [7, 11) is -1.05. The number of halogens is 4. The van der Waals surface area contributed by atoms with Crippen LogP contribution in [0.3, 0.4) is 0 Å². The Bertz CT molecular complexity index is 947. The zero-order valence-electron chi connectivity index (χ0n) is 16.9. The highest BCUT2D eigenvalue weighted by atomic mass is 19.4. The summed E-state index contributed by atoms with van der Waals surface area (Å²) in [5.74, 6) is -0.672. The number of rotatable bonds is 3. The average molecular weight is 424 g/mol. The van der Waals surface area contributed by atoms with Crippen LogP contribution < -0.4 is 16.1 Å². The van der Waals surface area contributed by atoms with Crippen LogP contribution in [0.4, 0.5) is 33.7 Å². The molecule has 2 aromatic carbocycles. The van der Waals surface area contributed by atoms with Crippen LogP contribution in [0, 0.1) is 5.82 Å². The maximum absolute atomic E-state index is 13.7. The van der Waals surface area contributed by atoms with Crippen molar-refractivity contribution < 1.29 is 31.7 Å². The smallest absolute Gasteiger partial charge is 0.399 e. The van der Waals surface area contributed by atoms with Gasteiger partial charge in [-0.25, -0.2) is 9.18 Å². The molecule has 10 heteroatoms. The SMILES string of the molecule is CC1(C)OB(c2cc(NC(=O)Nc3ccccc3F)cc(C(F)(F)F)c2)OC1(C)C. The Morgan fingerprint density at radius 2 is 1.57 bits per heavy atom. The summed E-state index contributed by atoms with van der Waals surface area (Å²) < 4.78 is 65.6. The highest BCUT2D eigenvalue weighted by Crippen LogP contribution is 2.37. The van der Waals surface area contributed by atoms with Crippen LogP contribution in [0.1, 0.15) is 33.3 Å². The van der Waals surface area contributed by atoms with E-state index < -0.39 is 41.9 Å². The predicted octanol–water partition coefficient (Wildman–Crippen LogP) is 4.79. The van der Waals surface area contributed by atoms with Crippen LogP contribution in [0.25, 0.3) is 0 Å². The zero-order chi connectivity index (χ0) is 22.3. The topological polar surface area (TPSA) is 59.6 Å². The number of carbonyl (C=O) groups excluding carboxylic acids is 1. The summed E-state index contributed by atoms with van der Waals surface area (Å²) in [4.78, 5) is 12.2. The number of amides is 2. The van der Waals surface area contributed by atoms with Gasteiger partial charge in [-0.2, -0.15) is 13.2 Å². The summed E-state index contributed by atoms with van der Waals surface area (Å²) in [6, 6.07) is 7.59. The Labute approximate surface area is 171 Å². The van der Waals surface area contributed by atoms with Gasteiger partial charge in [-0.1, -0.05) is 18.2 Å². The fourth-order valence-corrected chi connectivity index (χ4v) is 2.85. The molecule has 1 aliphatic heterocycles. The van der Waals surface area contributed by atoms with Gasteiger partial charge < -0.3 is 19.9 Å². The van der Waals surface area contributed by atoms with Crippen molar-refractivity contribution in [3.05, 3.63) is 53.8 Å². The van der Waals surface area contributed by atoms with Gasteiger partial charge in [-0.05, 0) is 57.4 Å². The molecule has 0 aliphatic carbocycles. The van der Waals surface area contributed by atoms with Crippen molar-refractivity contribution >= 4 is 30.0 Å². The van der Waals surface area contributed by atoms with E-state index in [1.807, 2.05) is 0 Å². The molecule has 0 unspecified atom stereocenters. The van der Waals surface area contributed by atoms with Crippen LogP contribution in [-0.2, 0) is 15.5 Å². The fourth-order valence-electron chi connectivity index (χ4n) is 2.85. The third-order valence-corrected chi connectivity index (χ3v) is 5.19. The van der Waals surface area contributed by atoms with Gasteiger partial charge in [0.05, 0.1) is 22.5 Å². The van der Waals surface area contributed by atoms with E-state index in [1.165, 1.54) is 24.3 Å². The zero-order valence-corrected chi connectivity index (χ0v) is 16.9. The lowest BCUT2D eigenvalue weighted by Crippen LogP contribution is -2.41. The van der Waals surface area contributed by atoms with Crippen LogP contribution in [0.5, 0.6) is 0 Å². The van der Waals surface area contributed by atoms with E-state index in [9.17, 15) is 22.4 Å². The maximum atomic E-state index is 13.7. The molecule has 0 spiro atoms. The second-order valence-electron chi connectivity index (χ2n) is 7.99. The lowest BCUT2D eigenvalue weighted by atomic mass is 9.78. The number of benzene rings is 2. The molecule has 0 bridgehead atoms. The van der Waals surface area contributed by atoms with E-state index in [4.69, 9.17) is 9.31 Å². The summed E-state index contributed by atoms with van der Waals surface area (Å²) in [6.45, 7) is 7.12. The van der Waals surface area contributed by atoms with Crippen LogP contribution in [0.15, 0.2) is 42.5 Å². The van der Waals surface area contributed by atoms with Gasteiger partial charge in [0, 0.05) is 5.69 Å². The Morgan fingerprint density at radius 3 is 2.13 bits per heavy atom. The van der Waals surface area contributed by atoms with E-state index in [1.54, 1.807) is 27.7 Å². The van der Waals surface area contributed by atoms with E-state index in [0.717, 1.165) is 18.2 Å². The Hall–Kier alpha value is -2.59. The lowest BCUT2D eigenvalue weighted by Gasteiger charge is -2.32. The number of anilines is 2. The maximum Gasteiger partial charge on any atom is 0.494 e. The van der Waals surface area contributed by atoms with Crippen molar-refractivity contribution in [2.24, 2.45) is 0 Å². The molecule has 0 atom stereocenters. The van der Waals surface area contributed by atoms with Crippen molar-refractivity contribution in [3.8, 4) is 0 Å². The van der Waals surface area contributed by atoms with Gasteiger partial charge in [0.25, 0.3) is 0 Å². The van der Waals surface area contributed by atoms with Crippen molar-refractivity contribution in [2.45, 2.75) is 45.1 Å². The number of para-hydroxylation sites is 1. The van der Waals surface area contributed by atoms with E-state index >= 15 is 0 Å². The highest BCUT2D eigenvalue weighted by Gasteiger charge is 2.52. The van der Waals surface area contributed by atoms with Crippen LogP contribution in [0.2, 0.25) is 0 Å². The number of carbonyl (C=O) groups is 1. The monoisotopic (exact) mass is 424 g/mol. The molecular weight excluding hydrogens is 403 g/mol. The van der Waals surface area contributed by atoms with Crippen molar-refractivity contribution in [1.29, 1.82) is 0 Å². The molecule has 1 heterocycles. The first-order valence-electron chi connectivity index (χ1n) is 9.19. The minimum absolute atomic E-state index is 0.102. The molecule has 0 aromatic heterocycles. The molecule has 5 nitrogen and oxygen atoms in total. The summed E-state index contributed by atoms with van der Waals surface area (Å²) in [5, 5.41) is 4.57. The number of nitrogens with one attached hydrogen (secondary N) is 2. The molecule has 0 radical (unpaired) electrons. The summed E-state index contributed by atoms with van der Waals surface area (Å²) in [6.07, 6.45) is -4.65. The molecule has 2 amide bonds. The Kier molecular flexibility index (Phi) is 5.59.